The van der Waals surface area contributed by atoms with E-state index in [9.17, 15) is 14.9 Å². The number of hydrogen-bond donors (Lipinski definition) is 2. The molecule has 0 saturated carbocycles. The molecular weight excluding hydrogens is 328 g/mol. The van der Waals surface area contributed by atoms with Crippen LogP contribution in [0.15, 0.2) is 6.07 Å². The fourth-order valence-electron chi connectivity index (χ4n) is 2.29. The molecule has 2 rings (SSSR count). The zero-order chi connectivity index (χ0) is 15.2. The predicted molar refractivity (Wildman–Crippen MR) is 89.2 cm³/mol. The van der Waals surface area contributed by atoms with Gasteiger partial charge >= 0.3 is 0 Å². The number of carbonyl (C=O) groups is 1. The van der Waals surface area contributed by atoms with Crippen molar-refractivity contribution in [1.29, 1.82) is 0 Å². The van der Waals surface area contributed by atoms with Gasteiger partial charge in [-0.2, -0.15) is 0 Å². The second-order valence-electron chi connectivity index (χ2n) is 5.01. The molecule has 0 spiro atoms. The van der Waals surface area contributed by atoms with Crippen LogP contribution in [0.25, 0.3) is 0 Å². The third-order valence-electron chi connectivity index (χ3n) is 3.46. The van der Waals surface area contributed by atoms with Crippen LogP contribution in [0.3, 0.4) is 0 Å². The van der Waals surface area contributed by atoms with E-state index in [1.165, 1.54) is 6.07 Å². The van der Waals surface area contributed by atoms with Crippen molar-refractivity contribution >= 4 is 35.3 Å². The molecule has 1 aliphatic rings. The van der Waals surface area contributed by atoms with Crippen molar-refractivity contribution in [3.63, 3.8) is 0 Å². The Labute approximate surface area is 139 Å². The Morgan fingerprint density at radius 2 is 2.18 bits per heavy atom. The number of rotatable bonds is 6. The first-order valence-electron chi connectivity index (χ1n) is 7.04. The van der Waals surface area contributed by atoms with Gasteiger partial charge in [0.15, 0.2) is 0 Å². The molecule has 9 heteroatoms. The van der Waals surface area contributed by atoms with E-state index in [1.807, 2.05) is 0 Å². The SMILES string of the molecule is Cc1sc(C(=O)NCCCN2CCNCC2)cc1[N+](=O)[O-].Cl. The number of aryl methyl sites for hydroxylation is 1. The smallest absolute Gasteiger partial charge is 0.283 e. The predicted octanol–water partition coefficient (Wildman–Crippen LogP) is 1.41. The average molecular weight is 349 g/mol. The topological polar surface area (TPSA) is 87.5 Å². The van der Waals surface area contributed by atoms with E-state index in [0.717, 1.165) is 50.5 Å². The highest BCUT2D eigenvalue weighted by molar-refractivity contribution is 7.14. The number of nitrogens with one attached hydrogen (secondary N) is 2. The summed E-state index contributed by atoms with van der Waals surface area (Å²) in [6.45, 7) is 7.34. The third-order valence-corrected chi connectivity index (χ3v) is 4.50. The quantitative estimate of drug-likeness (QED) is 0.461. The summed E-state index contributed by atoms with van der Waals surface area (Å²) >= 11 is 1.16. The van der Waals surface area contributed by atoms with Crippen LogP contribution in [0.2, 0.25) is 0 Å². The van der Waals surface area contributed by atoms with Gasteiger partial charge in [0, 0.05) is 38.8 Å². The van der Waals surface area contributed by atoms with Crippen LogP contribution in [0.1, 0.15) is 21.0 Å². The zero-order valence-corrected chi connectivity index (χ0v) is 14.1. The summed E-state index contributed by atoms with van der Waals surface area (Å²) < 4.78 is 0. The molecular formula is C13H21ClN4O3S. The molecule has 0 bridgehead atoms. The number of carbonyl (C=O) groups excluding carboxylic acids is 1. The van der Waals surface area contributed by atoms with E-state index in [-0.39, 0.29) is 24.0 Å². The second-order valence-corrected chi connectivity index (χ2v) is 6.27. The number of nitrogens with zero attached hydrogens (tertiary/aromatic N) is 2. The molecule has 0 aromatic carbocycles. The Kier molecular flexibility index (Phi) is 7.74. The van der Waals surface area contributed by atoms with Crippen LogP contribution in [0.4, 0.5) is 5.69 Å². The van der Waals surface area contributed by atoms with E-state index < -0.39 is 4.92 Å². The van der Waals surface area contributed by atoms with Crippen molar-refractivity contribution < 1.29 is 9.72 Å². The minimum absolute atomic E-state index is 0. The average Bonchev–Trinajstić information content (AvgIpc) is 2.87. The van der Waals surface area contributed by atoms with Crippen LogP contribution in [-0.2, 0) is 0 Å². The number of hydrogen-bond acceptors (Lipinski definition) is 6. The van der Waals surface area contributed by atoms with E-state index >= 15 is 0 Å². The summed E-state index contributed by atoms with van der Waals surface area (Å²) in [6, 6.07) is 1.35. The van der Waals surface area contributed by atoms with Gasteiger partial charge in [0.1, 0.15) is 0 Å². The molecule has 1 fully saturated rings. The molecule has 1 saturated heterocycles. The Morgan fingerprint density at radius 3 is 2.77 bits per heavy atom. The number of piperazine rings is 1. The van der Waals surface area contributed by atoms with Crippen LogP contribution in [-0.4, -0.2) is 55.0 Å². The van der Waals surface area contributed by atoms with Crippen molar-refractivity contribution in [1.82, 2.24) is 15.5 Å². The van der Waals surface area contributed by atoms with E-state index in [4.69, 9.17) is 0 Å². The Bertz CT molecular complexity index is 517. The highest BCUT2D eigenvalue weighted by Crippen LogP contribution is 2.27. The fraction of sp³-hybridized carbons (Fsp3) is 0.615. The zero-order valence-electron chi connectivity index (χ0n) is 12.5. The van der Waals surface area contributed by atoms with E-state index in [0.29, 0.717) is 16.3 Å². The summed E-state index contributed by atoms with van der Waals surface area (Å²) in [7, 11) is 0. The van der Waals surface area contributed by atoms with Gasteiger partial charge in [-0.15, -0.1) is 23.7 Å². The molecule has 1 aliphatic heterocycles. The maximum atomic E-state index is 11.9. The highest BCUT2D eigenvalue weighted by atomic mass is 35.5. The molecule has 1 amide bonds. The lowest BCUT2D eigenvalue weighted by Gasteiger charge is -2.27. The van der Waals surface area contributed by atoms with Gasteiger partial charge in [-0.3, -0.25) is 14.9 Å². The first-order valence-corrected chi connectivity index (χ1v) is 7.85. The summed E-state index contributed by atoms with van der Waals surface area (Å²) in [5.41, 5.74) is 0.0194. The fourth-order valence-corrected chi connectivity index (χ4v) is 3.20. The summed E-state index contributed by atoms with van der Waals surface area (Å²) in [5, 5.41) is 16.9. The summed E-state index contributed by atoms with van der Waals surface area (Å²) in [5.74, 6) is -0.225. The van der Waals surface area contributed by atoms with Gasteiger partial charge in [0.25, 0.3) is 11.6 Å². The first kappa shape index (κ1) is 18.8. The van der Waals surface area contributed by atoms with Crippen LogP contribution in [0, 0.1) is 17.0 Å². The molecule has 0 unspecified atom stereocenters. The van der Waals surface area contributed by atoms with Crippen LogP contribution >= 0.6 is 23.7 Å². The van der Waals surface area contributed by atoms with Gasteiger partial charge in [-0.05, 0) is 19.9 Å². The molecule has 7 nitrogen and oxygen atoms in total. The number of halogens is 1. The summed E-state index contributed by atoms with van der Waals surface area (Å²) in [6.07, 6.45) is 0.887. The minimum atomic E-state index is -0.451. The number of nitro groups is 1. The molecule has 2 N–H and O–H groups in total. The van der Waals surface area contributed by atoms with Crippen molar-refractivity contribution in [2.45, 2.75) is 13.3 Å². The molecule has 0 radical (unpaired) electrons. The summed E-state index contributed by atoms with van der Waals surface area (Å²) in [4.78, 5) is 25.6. The Hall–Kier alpha value is -1.22. The van der Waals surface area contributed by atoms with Crippen LogP contribution in [0.5, 0.6) is 0 Å². The van der Waals surface area contributed by atoms with Gasteiger partial charge in [0.2, 0.25) is 0 Å². The first-order chi connectivity index (χ1) is 10.1. The molecule has 1 aromatic heterocycles. The third kappa shape index (κ3) is 5.20. The maximum absolute atomic E-state index is 11.9. The maximum Gasteiger partial charge on any atom is 0.283 e. The van der Waals surface area contributed by atoms with Crippen molar-refractivity contribution in [3.8, 4) is 0 Å². The largest absolute Gasteiger partial charge is 0.351 e. The molecule has 22 heavy (non-hydrogen) atoms. The Morgan fingerprint density at radius 1 is 1.50 bits per heavy atom. The van der Waals surface area contributed by atoms with Gasteiger partial charge in [-0.1, -0.05) is 0 Å². The molecule has 0 aliphatic carbocycles. The molecule has 2 heterocycles. The standard InChI is InChI=1S/C13H20N4O3S.ClH/c1-10-11(17(19)20)9-12(21-10)13(18)15-3-2-6-16-7-4-14-5-8-16;/h9,14H,2-8H2,1H3,(H,15,18);1H. The molecule has 124 valence electrons. The van der Waals surface area contributed by atoms with Gasteiger partial charge in [-0.25, -0.2) is 0 Å². The number of amides is 1. The van der Waals surface area contributed by atoms with Crippen molar-refractivity contribution in [2.24, 2.45) is 0 Å². The second kappa shape index (κ2) is 9.04. The lowest BCUT2D eigenvalue weighted by molar-refractivity contribution is -0.385. The monoisotopic (exact) mass is 348 g/mol. The normalized spacial score (nSPS) is 15.1. The minimum Gasteiger partial charge on any atom is -0.351 e. The molecule has 1 aromatic rings. The van der Waals surface area contributed by atoms with Gasteiger partial charge < -0.3 is 15.5 Å². The van der Waals surface area contributed by atoms with Gasteiger partial charge in [0.05, 0.1) is 14.7 Å². The van der Waals surface area contributed by atoms with Crippen molar-refractivity contribution in [2.75, 3.05) is 39.3 Å². The highest BCUT2D eigenvalue weighted by Gasteiger charge is 2.19. The van der Waals surface area contributed by atoms with E-state index in [2.05, 4.69) is 15.5 Å². The van der Waals surface area contributed by atoms with Crippen LogP contribution < -0.4 is 10.6 Å². The van der Waals surface area contributed by atoms with Crippen molar-refractivity contribution in [3.05, 3.63) is 25.9 Å². The van der Waals surface area contributed by atoms with E-state index in [1.54, 1.807) is 6.92 Å². The number of thiophene rings is 1. The lowest BCUT2D eigenvalue weighted by atomic mass is 10.3. The Balaban J connectivity index is 0.00000242. The lowest BCUT2D eigenvalue weighted by Crippen LogP contribution is -2.44. The molecule has 0 atom stereocenters.